The van der Waals surface area contributed by atoms with Gasteiger partial charge in [0.25, 0.3) is 0 Å². The number of thioether (sulfide) groups is 1. The van der Waals surface area contributed by atoms with Gasteiger partial charge in [-0.15, -0.1) is 0 Å². The minimum atomic E-state index is -0.351. The van der Waals surface area contributed by atoms with Crippen molar-refractivity contribution in [3.63, 3.8) is 0 Å². The second-order valence-corrected chi connectivity index (χ2v) is 5.37. The lowest BCUT2D eigenvalue weighted by Crippen LogP contribution is -2.25. The van der Waals surface area contributed by atoms with E-state index in [0.29, 0.717) is 6.61 Å². The number of benzene rings is 1. The van der Waals surface area contributed by atoms with Gasteiger partial charge in [-0.1, -0.05) is 42.1 Å². The highest BCUT2D eigenvalue weighted by Crippen LogP contribution is 2.28. The minimum absolute atomic E-state index is 0.351. The van der Waals surface area contributed by atoms with E-state index in [1.165, 1.54) is 4.90 Å². The van der Waals surface area contributed by atoms with E-state index >= 15 is 0 Å². The standard InChI is InChI=1S/C15H14N2O2S/c18-15(19-9-7-12-4-2-1-3-5-12)17-8-6-13-14(10-17)20-11-16-13/h1-6,8,10H,7,9,11H2. The van der Waals surface area contributed by atoms with E-state index in [4.69, 9.17) is 4.74 Å². The maximum absolute atomic E-state index is 11.9. The Kier molecular flexibility index (Phi) is 3.87. The summed E-state index contributed by atoms with van der Waals surface area (Å²) in [6.45, 7) is 0.379. The molecule has 5 heteroatoms. The molecule has 0 aliphatic carbocycles. The van der Waals surface area contributed by atoms with Crippen LogP contribution in [0.1, 0.15) is 5.56 Å². The lowest BCUT2D eigenvalue weighted by atomic mass is 10.2. The number of allylic oxidation sites excluding steroid dienone is 2. The minimum Gasteiger partial charge on any atom is -0.449 e. The summed E-state index contributed by atoms with van der Waals surface area (Å²) in [6.07, 6.45) is 5.69. The van der Waals surface area contributed by atoms with Gasteiger partial charge in [-0.2, -0.15) is 0 Å². The average Bonchev–Trinajstić information content (AvgIpc) is 2.95. The zero-order valence-electron chi connectivity index (χ0n) is 10.9. The lowest BCUT2D eigenvalue weighted by Gasteiger charge is -2.17. The first kappa shape index (κ1) is 13.0. The molecular formula is C15H14N2O2S. The molecule has 3 rings (SSSR count). The van der Waals surface area contributed by atoms with E-state index in [1.807, 2.05) is 36.4 Å². The average molecular weight is 286 g/mol. The Labute approximate surface area is 121 Å². The van der Waals surface area contributed by atoms with Crippen molar-refractivity contribution in [2.75, 3.05) is 12.5 Å². The molecule has 0 saturated carbocycles. The summed E-state index contributed by atoms with van der Waals surface area (Å²) in [5, 5.41) is 0. The molecule has 1 amide bonds. The molecule has 2 aliphatic rings. The van der Waals surface area contributed by atoms with Crippen LogP contribution < -0.4 is 0 Å². The maximum atomic E-state index is 11.9. The van der Waals surface area contributed by atoms with Crippen LogP contribution in [-0.4, -0.2) is 29.2 Å². The Morgan fingerprint density at radius 3 is 3.05 bits per heavy atom. The molecule has 0 atom stereocenters. The van der Waals surface area contributed by atoms with Gasteiger partial charge in [0.05, 0.1) is 23.1 Å². The van der Waals surface area contributed by atoms with Crippen molar-refractivity contribution in [1.82, 2.24) is 4.90 Å². The fourth-order valence-corrected chi connectivity index (χ4v) is 2.78. The summed E-state index contributed by atoms with van der Waals surface area (Å²) < 4.78 is 5.28. The predicted molar refractivity (Wildman–Crippen MR) is 80.4 cm³/mol. The number of ether oxygens (including phenoxy) is 1. The molecule has 4 nitrogen and oxygen atoms in total. The van der Waals surface area contributed by atoms with Crippen LogP contribution >= 0.6 is 11.8 Å². The molecule has 0 radical (unpaired) electrons. The third kappa shape index (κ3) is 2.93. The van der Waals surface area contributed by atoms with Crippen LogP contribution in [0, 0.1) is 0 Å². The smallest absolute Gasteiger partial charge is 0.417 e. The van der Waals surface area contributed by atoms with Crippen LogP contribution in [-0.2, 0) is 11.2 Å². The highest BCUT2D eigenvalue weighted by Gasteiger charge is 2.20. The summed E-state index contributed by atoms with van der Waals surface area (Å²) in [7, 11) is 0. The maximum Gasteiger partial charge on any atom is 0.417 e. The third-order valence-corrected chi connectivity index (χ3v) is 3.91. The van der Waals surface area contributed by atoms with Crippen LogP contribution in [0.3, 0.4) is 0 Å². The highest BCUT2D eigenvalue weighted by molar-refractivity contribution is 8.04. The van der Waals surface area contributed by atoms with E-state index < -0.39 is 0 Å². The molecule has 2 aliphatic heterocycles. The monoisotopic (exact) mass is 286 g/mol. The summed E-state index contributed by atoms with van der Waals surface area (Å²) in [5.41, 5.74) is 2.11. The third-order valence-electron chi connectivity index (χ3n) is 3.03. The van der Waals surface area contributed by atoms with Gasteiger partial charge in [-0.05, 0) is 11.6 Å². The van der Waals surface area contributed by atoms with Crippen LogP contribution in [0.4, 0.5) is 4.79 Å². The molecular weight excluding hydrogens is 272 g/mol. The zero-order chi connectivity index (χ0) is 13.8. The number of carbonyl (C=O) groups is 1. The molecule has 0 bridgehead atoms. The van der Waals surface area contributed by atoms with E-state index in [-0.39, 0.29) is 6.09 Å². The topological polar surface area (TPSA) is 41.9 Å². The van der Waals surface area contributed by atoms with Gasteiger partial charge < -0.3 is 4.74 Å². The first-order chi connectivity index (χ1) is 9.83. The molecule has 102 valence electrons. The van der Waals surface area contributed by atoms with Crippen LogP contribution in [0.15, 0.2) is 58.7 Å². The predicted octanol–water partition coefficient (Wildman–Crippen LogP) is 3.18. The SMILES string of the molecule is O=C(OCCc1ccccc1)N1C=CC2=NCSC2=C1. The number of amides is 1. The molecule has 2 heterocycles. The van der Waals surface area contributed by atoms with E-state index in [2.05, 4.69) is 4.99 Å². The van der Waals surface area contributed by atoms with Crippen molar-refractivity contribution >= 4 is 23.6 Å². The Hall–Kier alpha value is -2.01. The number of aliphatic imine (C=N–C) groups is 1. The van der Waals surface area contributed by atoms with Gasteiger partial charge in [0.1, 0.15) is 0 Å². The molecule has 1 aromatic rings. The lowest BCUT2D eigenvalue weighted by molar-refractivity contribution is 0.129. The molecule has 0 fully saturated rings. The Bertz CT molecular complexity index is 593. The van der Waals surface area contributed by atoms with Gasteiger partial charge in [0.2, 0.25) is 0 Å². The van der Waals surface area contributed by atoms with Gasteiger partial charge in [-0.25, -0.2) is 4.79 Å². The molecule has 0 unspecified atom stereocenters. The zero-order valence-corrected chi connectivity index (χ0v) is 11.7. The van der Waals surface area contributed by atoms with Crippen LogP contribution in [0.2, 0.25) is 0 Å². The van der Waals surface area contributed by atoms with Crippen molar-refractivity contribution < 1.29 is 9.53 Å². The number of hydrogen-bond donors (Lipinski definition) is 0. The van der Waals surface area contributed by atoms with Gasteiger partial charge in [0, 0.05) is 18.8 Å². The summed E-state index contributed by atoms with van der Waals surface area (Å²) in [5.74, 6) is 0.725. The molecule has 20 heavy (non-hydrogen) atoms. The summed E-state index contributed by atoms with van der Waals surface area (Å²) >= 11 is 1.62. The van der Waals surface area contributed by atoms with Gasteiger partial charge in [-0.3, -0.25) is 9.89 Å². The Balaban J connectivity index is 1.52. The quantitative estimate of drug-likeness (QED) is 0.857. The van der Waals surface area contributed by atoms with E-state index in [0.717, 1.165) is 28.5 Å². The Morgan fingerprint density at radius 2 is 2.20 bits per heavy atom. The number of fused-ring (bicyclic) bond motifs is 1. The summed E-state index contributed by atoms with van der Waals surface area (Å²) in [4.78, 5) is 18.7. The normalized spacial score (nSPS) is 16.5. The Morgan fingerprint density at radius 1 is 1.35 bits per heavy atom. The second-order valence-electron chi connectivity index (χ2n) is 4.38. The molecule has 0 spiro atoms. The molecule has 0 saturated heterocycles. The number of nitrogens with zero attached hydrogens (tertiary/aromatic N) is 2. The van der Waals surface area contributed by atoms with Crippen molar-refractivity contribution in [1.29, 1.82) is 0 Å². The van der Waals surface area contributed by atoms with Crippen molar-refractivity contribution in [3.05, 3.63) is 59.3 Å². The molecule has 0 N–H and O–H groups in total. The molecule has 1 aromatic carbocycles. The van der Waals surface area contributed by atoms with Crippen molar-refractivity contribution in [2.45, 2.75) is 6.42 Å². The first-order valence-corrected chi connectivity index (χ1v) is 7.38. The van der Waals surface area contributed by atoms with Gasteiger partial charge in [0.15, 0.2) is 0 Å². The number of hydrogen-bond acceptors (Lipinski definition) is 4. The van der Waals surface area contributed by atoms with Gasteiger partial charge >= 0.3 is 6.09 Å². The van der Waals surface area contributed by atoms with Crippen LogP contribution in [0.5, 0.6) is 0 Å². The fraction of sp³-hybridized carbons (Fsp3) is 0.200. The number of carbonyl (C=O) groups excluding carboxylic acids is 1. The fourth-order valence-electron chi connectivity index (χ4n) is 1.97. The highest BCUT2D eigenvalue weighted by atomic mass is 32.2. The van der Waals surface area contributed by atoms with Crippen molar-refractivity contribution in [3.8, 4) is 0 Å². The number of rotatable bonds is 3. The summed E-state index contributed by atoms with van der Waals surface area (Å²) in [6, 6.07) is 9.97. The first-order valence-electron chi connectivity index (χ1n) is 6.39. The largest absolute Gasteiger partial charge is 0.449 e. The van der Waals surface area contributed by atoms with Crippen molar-refractivity contribution in [2.24, 2.45) is 4.99 Å². The second kappa shape index (κ2) is 5.96. The van der Waals surface area contributed by atoms with E-state index in [1.54, 1.807) is 24.2 Å². The van der Waals surface area contributed by atoms with E-state index in [9.17, 15) is 4.79 Å². The van der Waals surface area contributed by atoms with Crippen LogP contribution in [0.25, 0.3) is 0 Å². The molecule has 0 aromatic heterocycles.